The molecule has 1 amide bonds. The number of amides is 1. The van der Waals surface area contributed by atoms with Crippen molar-refractivity contribution in [2.45, 2.75) is 31.8 Å². The van der Waals surface area contributed by atoms with E-state index in [1.807, 2.05) is 36.7 Å². The highest BCUT2D eigenvalue weighted by atomic mass is 32.2. The number of benzene rings is 1. The van der Waals surface area contributed by atoms with Gasteiger partial charge >= 0.3 is 0 Å². The molecule has 0 bridgehead atoms. The third-order valence-electron chi connectivity index (χ3n) is 4.88. The molecule has 3 nitrogen and oxygen atoms in total. The van der Waals surface area contributed by atoms with Crippen LogP contribution in [0.4, 0.5) is 4.39 Å². The van der Waals surface area contributed by atoms with Crippen LogP contribution in [0.15, 0.2) is 18.2 Å². The number of carbonyl (C=O) groups is 1. The normalized spacial score (nSPS) is 24.6. The van der Waals surface area contributed by atoms with Crippen LogP contribution in [0.25, 0.3) is 0 Å². The Morgan fingerprint density at radius 3 is 3.05 bits per heavy atom. The second-order valence-corrected chi connectivity index (χ2v) is 7.44. The Bertz CT molecular complexity index is 560. The summed E-state index contributed by atoms with van der Waals surface area (Å²) in [4.78, 5) is 16.7. The third kappa shape index (κ3) is 3.15. The minimum atomic E-state index is -0.222. The van der Waals surface area contributed by atoms with Crippen molar-refractivity contribution < 1.29 is 9.18 Å². The summed E-state index contributed by atoms with van der Waals surface area (Å²) < 4.78 is 13.5. The largest absolute Gasteiger partial charge is 0.334 e. The lowest BCUT2D eigenvalue weighted by Gasteiger charge is -2.37. The first-order valence-electron chi connectivity index (χ1n) is 7.92. The number of thioether (sulfide) groups is 1. The van der Waals surface area contributed by atoms with Crippen molar-refractivity contribution in [3.05, 3.63) is 35.1 Å². The zero-order valence-electron chi connectivity index (χ0n) is 13.2. The molecule has 0 radical (unpaired) electrons. The van der Waals surface area contributed by atoms with Gasteiger partial charge in [-0.2, -0.15) is 11.8 Å². The topological polar surface area (TPSA) is 23.6 Å². The molecule has 0 unspecified atom stereocenters. The molecule has 1 aromatic carbocycles. The molecule has 120 valence electrons. The molecule has 3 rings (SSSR count). The van der Waals surface area contributed by atoms with E-state index >= 15 is 0 Å². The van der Waals surface area contributed by atoms with Gasteiger partial charge in [0.25, 0.3) is 0 Å². The van der Waals surface area contributed by atoms with Crippen LogP contribution in [0, 0.1) is 5.82 Å². The fraction of sp³-hybridized carbons (Fsp3) is 0.588. The molecule has 5 heteroatoms. The van der Waals surface area contributed by atoms with Gasteiger partial charge in [0.2, 0.25) is 5.91 Å². The molecule has 2 heterocycles. The minimum Gasteiger partial charge on any atom is -0.334 e. The van der Waals surface area contributed by atoms with E-state index in [1.165, 1.54) is 17.4 Å². The Kier molecular flexibility index (Phi) is 4.73. The average molecular weight is 322 g/mol. The predicted octanol–water partition coefficient (Wildman–Crippen LogP) is 2.71. The van der Waals surface area contributed by atoms with E-state index in [0.29, 0.717) is 12.6 Å². The van der Waals surface area contributed by atoms with Gasteiger partial charge in [-0.3, -0.25) is 9.69 Å². The van der Waals surface area contributed by atoms with Gasteiger partial charge in [-0.25, -0.2) is 4.39 Å². The molecule has 22 heavy (non-hydrogen) atoms. The van der Waals surface area contributed by atoms with Crippen LogP contribution < -0.4 is 0 Å². The molecular weight excluding hydrogens is 299 g/mol. The molecule has 0 N–H and O–H groups in total. The van der Waals surface area contributed by atoms with Crippen LogP contribution in [0.3, 0.4) is 0 Å². The standard InChI is InChI=1S/C17H23FN2OS/c1-12-16-9-14(18)4-3-13(16)5-7-20(12)17(21)10-19(2)15-6-8-22-11-15/h3-4,9,12,15H,5-8,10-11H2,1-2H3/t12-,15+/m0/s1. The highest BCUT2D eigenvalue weighted by Crippen LogP contribution is 2.30. The van der Waals surface area contributed by atoms with E-state index in [1.54, 1.807) is 6.07 Å². The quantitative estimate of drug-likeness (QED) is 0.855. The lowest BCUT2D eigenvalue weighted by molar-refractivity contribution is -0.135. The Morgan fingerprint density at radius 1 is 1.50 bits per heavy atom. The average Bonchev–Trinajstić information content (AvgIpc) is 3.02. The van der Waals surface area contributed by atoms with E-state index in [-0.39, 0.29) is 17.8 Å². The molecule has 0 aliphatic carbocycles. The highest BCUT2D eigenvalue weighted by molar-refractivity contribution is 7.99. The van der Waals surface area contributed by atoms with Crippen LogP contribution in [-0.4, -0.2) is 53.4 Å². The van der Waals surface area contributed by atoms with Crippen LogP contribution in [0.1, 0.15) is 30.5 Å². The zero-order valence-corrected chi connectivity index (χ0v) is 14.0. The summed E-state index contributed by atoms with van der Waals surface area (Å²) in [7, 11) is 2.04. The van der Waals surface area contributed by atoms with Gasteiger partial charge < -0.3 is 4.90 Å². The summed E-state index contributed by atoms with van der Waals surface area (Å²) in [6, 6.07) is 5.41. The molecular formula is C17H23FN2OS. The number of nitrogens with zero attached hydrogens (tertiary/aromatic N) is 2. The van der Waals surface area contributed by atoms with Crippen molar-refractivity contribution in [1.82, 2.24) is 9.80 Å². The molecule has 1 aromatic rings. The molecule has 2 aliphatic heterocycles. The maximum absolute atomic E-state index is 13.5. The van der Waals surface area contributed by atoms with Gasteiger partial charge in [0.1, 0.15) is 5.82 Å². The number of halogens is 1. The lowest BCUT2D eigenvalue weighted by atomic mass is 9.93. The summed E-state index contributed by atoms with van der Waals surface area (Å²) in [5.41, 5.74) is 2.12. The van der Waals surface area contributed by atoms with Gasteiger partial charge in [-0.1, -0.05) is 6.07 Å². The van der Waals surface area contributed by atoms with E-state index in [4.69, 9.17) is 0 Å². The van der Waals surface area contributed by atoms with Gasteiger partial charge in [0, 0.05) is 18.3 Å². The fourth-order valence-electron chi connectivity index (χ4n) is 3.43. The van der Waals surface area contributed by atoms with Crippen LogP contribution >= 0.6 is 11.8 Å². The Labute approximate surface area is 135 Å². The van der Waals surface area contributed by atoms with Crippen molar-refractivity contribution >= 4 is 17.7 Å². The summed E-state index contributed by atoms with van der Waals surface area (Å²) >= 11 is 1.96. The van der Waals surface area contributed by atoms with Crippen LogP contribution in [-0.2, 0) is 11.2 Å². The summed E-state index contributed by atoms with van der Waals surface area (Å²) in [5.74, 6) is 2.24. The molecule has 0 spiro atoms. The Hall–Kier alpha value is -1.07. The fourth-order valence-corrected chi connectivity index (χ4v) is 4.73. The number of carbonyl (C=O) groups excluding carboxylic acids is 1. The van der Waals surface area contributed by atoms with Crippen molar-refractivity contribution in [2.75, 3.05) is 31.6 Å². The molecule has 1 saturated heterocycles. The Morgan fingerprint density at radius 2 is 2.32 bits per heavy atom. The lowest BCUT2D eigenvalue weighted by Crippen LogP contribution is -2.46. The molecule has 0 saturated carbocycles. The van der Waals surface area contributed by atoms with Gasteiger partial charge in [0.15, 0.2) is 0 Å². The molecule has 0 aromatic heterocycles. The predicted molar refractivity (Wildman–Crippen MR) is 88.6 cm³/mol. The monoisotopic (exact) mass is 322 g/mol. The first-order chi connectivity index (χ1) is 10.6. The van der Waals surface area contributed by atoms with Gasteiger partial charge in [-0.05, 0) is 55.8 Å². The molecule has 2 atom stereocenters. The first kappa shape index (κ1) is 15.8. The smallest absolute Gasteiger partial charge is 0.237 e. The Balaban J connectivity index is 1.68. The molecule has 1 fully saturated rings. The van der Waals surface area contributed by atoms with Crippen molar-refractivity contribution in [3.63, 3.8) is 0 Å². The van der Waals surface area contributed by atoms with E-state index in [2.05, 4.69) is 4.90 Å². The van der Waals surface area contributed by atoms with Crippen molar-refractivity contribution in [1.29, 1.82) is 0 Å². The maximum atomic E-state index is 13.5. The minimum absolute atomic E-state index is 0.0432. The highest BCUT2D eigenvalue weighted by Gasteiger charge is 2.30. The van der Waals surface area contributed by atoms with Crippen LogP contribution in [0.2, 0.25) is 0 Å². The number of likely N-dealkylation sites (N-methyl/N-ethyl adjacent to an activating group) is 1. The third-order valence-corrected chi connectivity index (χ3v) is 6.03. The first-order valence-corrected chi connectivity index (χ1v) is 9.07. The van der Waals surface area contributed by atoms with Gasteiger partial charge in [-0.15, -0.1) is 0 Å². The summed E-state index contributed by atoms with van der Waals surface area (Å²) in [6.45, 7) is 3.19. The van der Waals surface area contributed by atoms with Crippen molar-refractivity contribution in [3.8, 4) is 0 Å². The number of hydrogen-bond donors (Lipinski definition) is 0. The van der Waals surface area contributed by atoms with E-state index in [9.17, 15) is 9.18 Å². The maximum Gasteiger partial charge on any atom is 0.237 e. The second kappa shape index (κ2) is 6.59. The zero-order chi connectivity index (χ0) is 15.7. The number of rotatable bonds is 3. The summed E-state index contributed by atoms with van der Waals surface area (Å²) in [6.07, 6.45) is 1.98. The van der Waals surface area contributed by atoms with E-state index < -0.39 is 0 Å². The summed E-state index contributed by atoms with van der Waals surface area (Å²) in [5, 5.41) is 0. The number of fused-ring (bicyclic) bond motifs is 1. The van der Waals surface area contributed by atoms with Gasteiger partial charge in [0.05, 0.1) is 12.6 Å². The van der Waals surface area contributed by atoms with Crippen LogP contribution in [0.5, 0.6) is 0 Å². The second-order valence-electron chi connectivity index (χ2n) is 6.29. The molecule has 2 aliphatic rings. The number of hydrogen-bond acceptors (Lipinski definition) is 3. The van der Waals surface area contributed by atoms with Crippen molar-refractivity contribution in [2.24, 2.45) is 0 Å². The van der Waals surface area contributed by atoms with E-state index in [0.717, 1.165) is 30.7 Å². The SMILES string of the molecule is C[C@H]1c2cc(F)ccc2CCN1C(=O)CN(C)[C@@H]1CCSC1.